The number of aromatic nitrogens is 3. The van der Waals surface area contributed by atoms with Crippen LogP contribution in [0.3, 0.4) is 0 Å². The highest BCUT2D eigenvalue weighted by Gasteiger charge is 2.25. The molecule has 3 rings (SSSR count). The second kappa shape index (κ2) is 6.55. The first-order valence-electron chi connectivity index (χ1n) is 7.24. The van der Waals surface area contributed by atoms with Crippen molar-refractivity contribution in [1.29, 1.82) is 0 Å². The molecular formula is C17H15BrClN3O2. The van der Waals surface area contributed by atoms with Crippen LogP contribution in [0, 0.1) is 0 Å². The second-order valence-corrected chi connectivity index (χ2v) is 7.10. The Hall–Kier alpha value is -1.89. The summed E-state index contributed by atoms with van der Waals surface area (Å²) >= 11 is 9.21. The summed E-state index contributed by atoms with van der Waals surface area (Å²) in [5, 5.41) is 29.2. The van der Waals surface area contributed by atoms with Crippen LogP contribution in [0.4, 0.5) is 0 Å². The van der Waals surface area contributed by atoms with E-state index in [9.17, 15) is 10.2 Å². The summed E-state index contributed by atoms with van der Waals surface area (Å²) < 4.78 is 2.41. The van der Waals surface area contributed by atoms with E-state index in [0.29, 0.717) is 22.8 Å². The molecule has 0 fully saturated rings. The number of halogens is 2. The SMILES string of the molecule is CC(O)(Cc1cn(-c2ccc(Cl)cc2O)nn1)c1ccc(Br)cc1. The number of phenolic OH excluding ortho intramolecular Hbond substituents is 1. The minimum absolute atomic E-state index is 0.0126. The van der Waals surface area contributed by atoms with Crippen LogP contribution in [0.2, 0.25) is 5.02 Å². The Labute approximate surface area is 152 Å². The van der Waals surface area contributed by atoms with E-state index < -0.39 is 5.60 Å². The van der Waals surface area contributed by atoms with Gasteiger partial charge in [-0.15, -0.1) is 5.10 Å². The molecule has 1 aromatic heterocycles. The Morgan fingerprint density at radius 2 is 1.92 bits per heavy atom. The molecule has 124 valence electrons. The van der Waals surface area contributed by atoms with Gasteiger partial charge in [0.25, 0.3) is 0 Å². The van der Waals surface area contributed by atoms with Crippen LogP contribution in [-0.4, -0.2) is 25.2 Å². The first-order valence-corrected chi connectivity index (χ1v) is 8.41. The zero-order valence-corrected chi connectivity index (χ0v) is 15.2. The molecule has 7 heteroatoms. The highest BCUT2D eigenvalue weighted by Crippen LogP contribution is 2.28. The minimum Gasteiger partial charge on any atom is -0.506 e. The molecule has 0 radical (unpaired) electrons. The van der Waals surface area contributed by atoms with Gasteiger partial charge in [-0.05, 0) is 36.8 Å². The molecule has 3 aromatic rings. The maximum absolute atomic E-state index is 10.7. The van der Waals surface area contributed by atoms with Crippen LogP contribution in [0.1, 0.15) is 18.2 Å². The normalized spacial score (nSPS) is 13.7. The lowest BCUT2D eigenvalue weighted by Crippen LogP contribution is -2.24. The Balaban J connectivity index is 1.84. The molecule has 0 aliphatic rings. The van der Waals surface area contributed by atoms with Gasteiger partial charge >= 0.3 is 0 Å². The fraction of sp³-hybridized carbons (Fsp3) is 0.176. The van der Waals surface area contributed by atoms with E-state index in [1.165, 1.54) is 10.7 Å². The zero-order valence-electron chi connectivity index (χ0n) is 12.8. The van der Waals surface area contributed by atoms with Gasteiger partial charge < -0.3 is 10.2 Å². The second-order valence-electron chi connectivity index (χ2n) is 5.75. The Morgan fingerprint density at radius 1 is 1.21 bits per heavy atom. The fourth-order valence-corrected chi connectivity index (χ4v) is 2.88. The maximum Gasteiger partial charge on any atom is 0.142 e. The van der Waals surface area contributed by atoms with Crippen LogP contribution >= 0.6 is 27.5 Å². The molecule has 5 nitrogen and oxygen atoms in total. The van der Waals surface area contributed by atoms with Crippen molar-refractivity contribution in [2.24, 2.45) is 0 Å². The van der Waals surface area contributed by atoms with Gasteiger partial charge in [0.05, 0.1) is 17.5 Å². The van der Waals surface area contributed by atoms with Crippen LogP contribution in [-0.2, 0) is 12.0 Å². The molecule has 0 saturated heterocycles. The molecule has 0 saturated carbocycles. The topological polar surface area (TPSA) is 71.2 Å². The van der Waals surface area contributed by atoms with Crippen molar-refractivity contribution in [2.75, 3.05) is 0 Å². The zero-order chi connectivity index (χ0) is 17.3. The number of hydrogen-bond acceptors (Lipinski definition) is 4. The summed E-state index contributed by atoms with van der Waals surface area (Å²) in [5.41, 5.74) is 0.789. The average Bonchev–Trinajstić information content (AvgIpc) is 2.95. The molecule has 0 aliphatic heterocycles. The largest absolute Gasteiger partial charge is 0.506 e. The monoisotopic (exact) mass is 407 g/mol. The van der Waals surface area contributed by atoms with Crippen LogP contribution in [0.15, 0.2) is 53.1 Å². The molecule has 0 aliphatic carbocycles. The summed E-state index contributed by atoms with van der Waals surface area (Å²) in [5.74, 6) is 0.0126. The van der Waals surface area contributed by atoms with Gasteiger partial charge in [0.1, 0.15) is 11.4 Å². The van der Waals surface area contributed by atoms with Crippen LogP contribution < -0.4 is 0 Å². The number of benzene rings is 2. The highest BCUT2D eigenvalue weighted by atomic mass is 79.9. The lowest BCUT2D eigenvalue weighted by molar-refractivity contribution is 0.0565. The summed E-state index contributed by atoms with van der Waals surface area (Å²) in [6, 6.07) is 12.2. The standard InChI is InChI=1S/C17H15BrClN3O2/c1-17(24,11-2-4-12(18)5-3-11)9-14-10-22(21-20-14)15-7-6-13(19)8-16(15)23/h2-8,10,23-24H,9H2,1H3. The highest BCUT2D eigenvalue weighted by molar-refractivity contribution is 9.10. The first kappa shape index (κ1) is 17.0. The van der Waals surface area contributed by atoms with Crippen molar-refractivity contribution in [3.05, 3.63) is 69.4 Å². The van der Waals surface area contributed by atoms with Crippen LogP contribution in [0.25, 0.3) is 5.69 Å². The number of nitrogens with zero attached hydrogens (tertiary/aromatic N) is 3. The van der Waals surface area contributed by atoms with Crippen molar-refractivity contribution in [2.45, 2.75) is 18.9 Å². The smallest absolute Gasteiger partial charge is 0.142 e. The number of aliphatic hydroxyl groups is 1. The summed E-state index contributed by atoms with van der Waals surface area (Å²) in [4.78, 5) is 0. The predicted molar refractivity (Wildman–Crippen MR) is 95.5 cm³/mol. The molecule has 2 N–H and O–H groups in total. The van der Waals surface area contributed by atoms with E-state index in [0.717, 1.165) is 10.0 Å². The predicted octanol–water partition coefficient (Wildman–Crippen LogP) is 3.84. The van der Waals surface area contributed by atoms with Gasteiger partial charge in [-0.2, -0.15) is 0 Å². The van der Waals surface area contributed by atoms with E-state index in [2.05, 4.69) is 26.2 Å². The van der Waals surface area contributed by atoms with Crippen molar-refractivity contribution in [3.8, 4) is 11.4 Å². The van der Waals surface area contributed by atoms with Crippen molar-refractivity contribution in [3.63, 3.8) is 0 Å². The number of phenols is 1. The van der Waals surface area contributed by atoms with Gasteiger partial charge in [-0.3, -0.25) is 0 Å². The molecular weight excluding hydrogens is 394 g/mol. The molecule has 0 spiro atoms. The molecule has 0 amide bonds. The van der Waals surface area contributed by atoms with E-state index in [1.54, 1.807) is 25.3 Å². The van der Waals surface area contributed by atoms with Crippen molar-refractivity contribution < 1.29 is 10.2 Å². The van der Waals surface area contributed by atoms with Crippen molar-refractivity contribution in [1.82, 2.24) is 15.0 Å². The van der Waals surface area contributed by atoms with Gasteiger partial charge in [0.2, 0.25) is 0 Å². The third-order valence-electron chi connectivity index (χ3n) is 3.72. The molecule has 1 heterocycles. The lowest BCUT2D eigenvalue weighted by atomic mass is 9.91. The molecule has 1 unspecified atom stereocenters. The van der Waals surface area contributed by atoms with E-state index in [-0.39, 0.29) is 5.75 Å². The summed E-state index contributed by atoms with van der Waals surface area (Å²) in [6.07, 6.45) is 1.97. The molecule has 24 heavy (non-hydrogen) atoms. The summed E-state index contributed by atoms with van der Waals surface area (Å²) in [7, 11) is 0. The molecule has 0 bridgehead atoms. The van der Waals surface area contributed by atoms with Gasteiger partial charge in [0.15, 0.2) is 0 Å². The quantitative estimate of drug-likeness (QED) is 0.688. The maximum atomic E-state index is 10.7. The molecule has 2 aromatic carbocycles. The number of aromatic hydroxyl groups is 1. The third kappa shape index (κ3) is 3.61. The van der Waals surface area contributed by atoms with E-state index >= 15 is 0 Å². The lowest BCUT2D eigenvalue weighted by Gasteiger charge is -2.22. The minimum atomic E-state index is -1.08. The average molecular weight is 409 g/mol. The third-order valence-corrected chi connectivity index (χ3v) is 4.48. The summed E-state index contributed by atoms with van der Waals surface area (Å²) in [6.45, 7) is 1.73. The number of rotatable bonds is 4. The van der Waals surface area contributed by atoms with Gasteiger partial charge in [-0.25, -0.2) is 4.68 Å². The Kier molecular flexibility index (Phi) is 4.62. The first-order chi connectivity index (χ1) is 11.3. The van der Waals surface area contributed by atoms with E-state index in [1.807, 2.05) is 24.3 Å². The Bertz CT molecular complexity index is 863. The van der Waals surface area contributed by atoms with Gasteiger partial charge in [0, 0.05) is 22.0 Å². The fourth-order valence-electron chi connectivity index (χ4n) is 2.45. The van der Waals surface area contributed by atoms with Gasteiger partial charge in [-0.1, -0.05) is 44.9 Å². The van der Waals surface area contributed by atoms with E-state index in [4.69, 9.17) is 11.6 Å². The Morgan fingerprint density at radius 3 is 2.58 bits per heavy atom. The number of hydrogen-bond donors (Lipinski definition) is 2. The van der Waals surface area contributed by atoms with Crippen LogP contribution in [0.5, 0.6) is 5.75 Å². The molecule has 1 atom stereocenters. The van der Waals surface area contributed by atoms with Crippen molar-refractivity contribution >= 4 is 27.5 Å².